The summed E-state index contributed by atoms with van der Waals surface area (Å²) in [6, 6.07) is 3.89. The largest absolute Gasteiger partial charge is 0.370 e. The summed E-state index contributed by atoms with van der Waals surface area (Å²) in [6.45, 7) is 2.67. The van der Waals surface area contributed by atoms with Gasteiger partial charge in [-0.25, -0.2) is 4.98 Å². The minimum absolute atomic E-state index is 0.626. The molecule has 0 unspecified atom stereocenters. The maximum Gasteiger partial charge on any atom is 0.228 e. The lowest BCUT2D eigenvalue weighted by atomic mass is 10.3. The highest BCUT2D eigenvalue weighted by Gasteiger charge is 2.01. The summed E-state index contributed by atoms with van der Waals surface area (Å²) >= 11 is 3.41. The summed E-state index contributed by atoms with van der Waals surface area (Å²) in [6.07, 6.45) is 2.09. The summed E-state index contributed by atoms with van der Waals surface area (Å²) < 4.78 is 5.89. The SMILES string of the molecule is Cc1nc(NCCc2ncno2)ccc1Br. The van der Waals surface area contributed by atoms with Crippen molar-refractivity contribution in [1.29, 1.82) is 0 Å². The molecular formula is C10H11BrN4O. The van der Waals surface area contributed by atoms with Crippen molar-refractivity contribution < 1.29 is 4.52 Å². The average Bonchev–Trinajstić information content (AvgIpc) is 2.76. The lowest BCUT2D eigenvalue weighted by Gasteiger charge is -2.05. The third-order valence-corrected chi connectivity index (χ3v) is 2.91. The van der Waals surface area contributed by atoms with Gasteiger partial charge in [0.1, 0.15) is 5.82 Å². The van der Waals surface area contributed by atoms with Crippen molar-refractivity contribution in [2.45, 2.75) is 13.3 Å². The standard InChI is InChI=1S/C10H11BrN4O/c1-7-8(11)2-3-9(15-7)12-5-4-10-13-6-14-16-10/h2-3,6H,4-5H2,1H3,(H,12,15). The first kappa shape index (κ1) is 11.1. The summed E-state index contributed by atoms with van der Waals surface area (Å²) in [7, 11) is 0. The van der Waals surface area contributed by atoms with E-state index in [0.29, 0.717) is 12.3 Å². The molecule has 84 valence electrons. The Hall–Kier alpha value is -1.43. The van der Waals surface area contributed by atoms with Gasteiger partial charge in [0.15, 0.2) is 6.33 Å². The molecule has 0 atom stereocenters. The average molecular weight is 283 g/mol. The van der Waals surface area contributed by atoms with Gasteiger partial charge < -0.3 is 9.84 Å². The van der Waals surface area contributed by atoms with Crippen LogP contribution in [0.5, 0.6) is 0 Å². The first-order chi connectivity index (χ1) is 7.75. The molecule has 5 nitrogen and oxygen atoms in total. The number of nitrogens with one attached hydrogen (secondary N) is 1. The van der Waals surface area contributed by atoms with Gasteiger partial charge in [-0.1, -0.05) is 5.16 Å². The number of halogens is 1. The molecule has 0 amide bonds. The number of hydrogen-bond acceptors (Lipinski definition) is 5. The molecule has 0 saturated carbocycles. The molecule has 2 aromatic heterocycles. The van der Waals surface area contributed by atoms with Crippen molar-refractivity contribution >= 4 is 21.7 Å². The van der Waals surface area contributed by atoms with Crippen LogP contribution in [0.1, 0.15) is 11.6 Å². The molecule has 0 radical (unpaired) electrons. The highest BCUT2D eigenvalue weighted by Crippen LogP contribution is 2.15. The van der Waals surface area contributed by atoms with Gasteiger partial charge in [0.25, 0.3) is 0 Å². The van der Waals surface area contributed by atoms with E-state index in [-0.39, 0.29) is 0 Å². The molecule has 0 aliphatic heterocycles. The van der Waals surface area contributed by atoms with Crippen LogP contribution in [0, 0.1) is 6.92 Å². The van der Waals surface area contributed by atoms with Gasteiger partial charge in [-0.3, -0.25) is 0 Å². The zero-order valence-corrected chi connectivity index (χ0v) is 10.4. The molecule has 0 aliphatic carbocycles. The number of hydrogen-bond donors (Lipinski definition) is 1. The Labute approximate surface area is 101 Å². The highest BCUT2D eigenvalue weighted by atomic mass is 79.9. The molecule has 0 fully saturated rings. The van der Waals surface area contributed by atoms with Gasteiger partial charge in [-0.2, -0.15) is 4.98 Å². The van der Waals surface area contributed by atoms with E-state index in [1.165, 1.54) is 6.33 Å². The van der Waals surface area contributed by atoms with Gasteiger partial charge in [-0.05, 0) is 35.0 Å². The third-order valence-electron chi connectivity index (χ3n) is 2.07. The Morgan fingerprint density at radius 3 is 3.00 bits per heavy atom. The van der Waals surface area contributed by atoms with Crippen LogP contribution in [0.15, 0.2) is 27.5 Å². The Balaban J connectivity index is 1.87. The Kier molecular flexibility index (Phi) is 3.51. The highest BCUT2D eigenvalue weighted by molar-refractivity contribution is 9.10. The molecule has 16 heavy (non-hydrogen) atoms. The van der Waals surface area contributed by atoms with Crippen molar-refractivity contribution in [3.8, 4) is 0 Å². The molecule has 1 N–H and O–H groups in total. The minimum atomic E-state index is 0.626. The molecule has 0 spiro atoms. The van der Waals surface area contributed by atoms with Crippen LogP contribution in [0.25, 0.3) is 0 Å². The van der Waals surface area contributed by atoms with Crippen LogP contribution in [0.3, 0.4) is 0 Å². The first-order valence-electron chi connectivity index (χ1n) is 4.88. The van der Waals surface area contributed by atoms with Crippen molar-refractivity contribution in [2.75, 3.05) is 11.9 Å². The van der Waals surface area contributed by atoms with E-state index in [1.807, 2.05) is 19.1 Å². The summed E-state index contributed by atoms with van der Waals surface area (Å²) in [5.41, 5.74) is 0.961. The predicted octanol–water partition coefficient (Wildman–Crippen LogP) is 2.19. The van der Waals surface area contributed by atoms with Gasteiger partial charge in [0.2, 0.25) is 5.89 Å². The molecule has 0 aliphatic rings. The van der Waals surface area contributed by atoms with Crippen LogP contribution in [-0.2, 0) is 6.42 Å². The van der Waals surface area contributed by atoms with E-state index >= 15 is 0 Å². The molecule has 2 aromatic rings. The maximum atomic E-state index is 4.89. The Bertz CT molecular complexity index is 458. The second-order valence-corrected chi connectivity index (χ2v) is 4.13. The van der Waals surface area contributed by atoms with E-state index in [2.05, 4.69) is 36.4 Å². The van der Waals surface area contributed by atoms with Gasteiger partial charge in [0.05, 0.1) is 5.69 Å². The van der Waals surface area contributed by atoms with Gasteiger partial charge in [0, 0.05) is 17.4 Å². The van der Waals surface area contributed by atoms with Crippen LogP contribution in [-0.4, -0.2) is 21.7 Å². The van der Waals surface area contributed by atoms with E-state index in [9.17, 15) is 0 Å². The van der Waals surface area contributed by atoms with Crippen molar-refractivity contribution in [3.63, 3.8) is 0 Å². The molecule has 0 bridgehead atoms. The minimum Gasteiger partial charge on any atom is -0.370 e. The van der Waals surface area contributed by atoms with Crippen molar-refractivity contribution in [3.05, 3.63) is 34.5 Å². The van der Waals surface area contributed by atoms with Gasteiger partial charge >= 0.3 is 0 Å². The van der Waals surface area contributed by atoms with E-state index in [1.54, 1.807) is 0 Å². The van der Waals surface area contributed by atoms with E-state index in [0.717, 1.165) is 22.5 Å². The van der Waals surface area contributed by atoms with E-state index in [4.69, 9.17) is 4.52 Å². The fourth-order valence-corrected chi connectivity index (χ4v) is 1.47. The number of rotatable bonds is 4. The quantitative estimate of drug-likeness (QED) is 0.931. The molecular weight excluding hydrogens is 272 g/mol. The zero-order chi connectivity index (χ0) is 11.4. The second-order valence-electron chi connectivity index (χ2n) is 3.28. The van der Waals surface area contributed by atoms with E-state index < -0.39 is 0 Å². The van der Waals surface area contributed by atoms with Crippen LogP contribution in [0.2, 0.25) is 0 Å². The summed E-state index contributed by atoms with van der Waals surface area (Å²) in [5.74, 6) is 1.47. The fraction of sp³-hybridized carbons (Fsp3) is 0.300. The normalized spacial score (nSPS) is 10.4. The monoisotopic (exact) mass is 282 g/mol. The Morgan fingerprint density at radius 2 is 2.31 bits per heavy atom. The smallest absolute Gasteiger partial charge is 0.228 e. The van der Waals surface area contributed by atoms with Crippen molar-refractivity contribution in [2.24, 2.45) is 0 Å². The molecule has 0 saturated heterocycles. The zero-order valence-electron chi connectivity index (χ0n) is 8.77. The second kappa shape index (κ2) is 5.07. The van der Waals surface area contributed by atoms with Crippen LogP contribution >= 0.6 is 15.9 Å². The number of nitrogens with zero attached hydrogens (tertiary/aromatic N) is 3. The van der Waals surface area contributed by atoms with Gasteiger partial charge in [-0.15, -0.1) is 0 Å². The number of anilines is 1. The maximum absolute atomic E-state index is 4.89. The molecule has 6 heteroatoms. The summed E-state index contributed by atoms with van der Waals surface area (Å²) in [4.78, 5) is 8.30. The molecule has 2 rings (SSSR count). The summed E-state index contributed by atoms with van der Waals surface area (Å²) in [5, 5.41) is 6.73. The lowest BCUT2D eigenvalue weighted by Crippen LogP contribution is -2.06. The fourth-order valence-electron chi connectivity index (χ4n) is 1.25. The number of aromatic nitrogens is 3. The predicted molar refractivity (Wildman–Crippen MR) is 63.2 cm³/mol. The Morgan fingerprint density at radius 1 is 1.44 bits per heavy atom. The van der Waals surface area contributed by atoms with Crippen molar-refractivity contribution in [1.82, 2.24) is 15.1 Å². The molecule has 2 heterocycles. The third kappa shape index (κ3) is 2.79. The van der Waals surface area contributed by atoms with Crippen LogP contribution < -0.4 is 5.32 Å². The number of aryl methyl sites for hydroxylation is 1. The number of pyridine rings is 1. The first-order valence-corrected chi connectivity index (χ1v) is 5.67. The topological polar surface area (TPSA) is 63.8 Å². The van der Waals surface area contributed by atoms with Crippen LogP contribution in [0.4, 0.5) is 5.82 Å². The lowest BCUT2D eigenvalue weighted by molar-refractivity contribution is 0.379. The molecule has 0 aromatic carbocycles.